The highest BCUT2D eigenvalue weighted by atomic mass is 32.1. The molecule has 21 heavy (non-hydrogen) atoms. The fourth-order valence-corrected chi connectivity index (χ4v) is 3.10. The third-order valence-corrected chi connectivity index (χ3v) is 4.50. The molecule has 0 atom stereocenters. The molecule has 0 saturated carbocycles. The molecule has 114 valence electrons. The molecule has 2 rings (SSSR count). The predicted octanol–water partition coefficient (Wildman–Crippen LogP) is 1.57. The van der Waals surface area contributed by atoms with E-state index in [1.807, 2.05) is 27.9 Å². The van der Waals surface area contributed by atoms with Crippen molar-refractivity contribution in [2.24, 2.45) is 0 Å². The highest BCUT2D eigenvalue weighted by Crippen LogP contribution is 2.34. The molecule has 2 aromatic rings. The lowest BCUT2D eigenvalue weighted by molar-refractivity contribution is 0.0957. The molecule has 0 aliphatic rings. The van der Waals surface area contributed by atoms with Crippen LogP contribution in [0.5, 0.6) is 0 Å². The van der Waals surface area contributed by atoms with E-state index >= 15 is 0 Å². The summed E-state index contributed by atoms with van der Waals surface area (Å²) in [5.41, 5.74) is 8.47. The molecule has 0 fully saturated rings. The van der Waals surface area contributed by atoms with Crippen molar-refractivity contribution in [2.45, 2.75) is 20.3 Å². The zero-order chi connectivity index (χ0) is 15.6. The minimum atomic E-state index is -0.133. The lowest BCUT2D eigenvalue weighted by Gasteiger charge is -2.09. The number of amides is 1. The molecule has 1 amide bonds. The molecule has 0 aromatic carbocycles. The average Bonchev–Trinajstić information content (AvgIpc) is 2.76. The van der Waals surface area contributed by atoms with E-state index in [2.05, 4.69) is 20.4 Å². The Hall–Kier alpha value is -1.73. The summed E-state index contributed by atoms with van der Waals surface area (Å²) >= 11 is 1.30. The fraction of sp³-hybridized carbons (Fsp3) is 0.500. The first kappa shape index (κ1) is 15.7. The van der Waals surface area contributed by atoms with Gasteiger partial charge in [-0.2, -0.15) is 5.10 Å². The van der Waals surface area contributed by atoms with Gasteiger partial charge in [0.2, 0.25) is 0 Å². The van der Waals surface area contributed by atoms with Crippen molar-refractivity contribution in [1.82, 2.24) is 20.4 Å². The third kappa shape index (κ3) is 3.30. The van der Waals surface area contributed by atoms with Gasteiger partial charge in [-0.1, -0.05) is 0 Å². The molecule has 0 aliphatic carbocycles. The van der Waals surface area contributed by atoms with Gasteiger partial charge in [-0.25, -0.2) is 0 Å². The Balaban J connectivity index is 2.17. The maximum Gasteiger partial charge on any atom is 0.263 e. The lowest BCUT2D eigenvalue weighted by Crippen LogP contribution is -2.27. The summed E-state index contributed by atoms with van der Waals surface area (Å²) in [5.74, 6) is -0.133. The molecule has 0 aliphatic heterocycles. The van der Waals surface area contributed by atoms with Gasteiger partial charge in [-0.05, 0) is 46.5 Å². The Labute approximate surface area is 128 Å². The van der Waals surface area contributed by atoms with E-state index in [-0.39, 0.29) is 5.91 Å². The molecule has 0 spiro atoms. The largest absolute Gasteiger partial charge is 0.397 e. The number of hydrogen-bond donors (Lipinski definition) is 2. The van der Waals surface area contributed by atoms with Crippen molar-refractivity contribution >= 4 is 33.1 Å². The van der Waals surface area contributed by atoms with Crippen LogP contribution in [0.1, 0.15) is 27.3 Å². The quantitative estimate of drug-likeness (QED) is 0.819. The second-order valence-corrected chi connectivity index (χ2v) is 6.35. The maximum absolute atomic E-state index is 12.2. The maximum atomic E-state index is 12.2. The van der Waals surface area contributed by atoms with E-state index in [1.54, 1.807) is 0 Å². The van der Waals surface area contributed by atoms with Crippen LogP contribution in [0.2, 0.25) is 0 Å². The molecule has 0 unspecified atom stereocenters. The van der Waals surface area contributed by atoms with Crippen LogP contribution < -0.4 is 11.1 Å². The topological polar surface area (TPSA) is 84.1 Å². The Morgan fingerprint density at radius 3 is 2.71 bits per heavy atom. The van der Waals surface area contributed by atoms with Gasteiger partial charge in [-0.15, -0.1) is 16.4 Å². The summed E-state index contributed by atoms with van der Waals surface area (Å²) in [6.45, 7) is 5.41. The molecule has 7 heteroatoms. The summed E-state index contributed by atoms with van der Waals surface area (Å²) in [6.07, 6.45) is 0.904. The predicted molar refractivity (Wildman–Crippen MR) is 86.8 cm³/mol. The third-order valence-electron chi connectivity index (χ3n) is 3.41. The van der Waals surface area contributed by atoms with Gasteiger partial charge >= 0.3 is 0 Å². The van der Waals surface area contributed by atoms with Crippen LogP contribution in [0.15, 0.2) is 0 Å². The highest BCUT2D eigenvalue weighted by molar-refractivity contribution is 7.21. The van der Waals surface area contributed by atoms with Crippen molar-refractivity contribution < 1.29 is 4.79 Å². The van der Waals surface area contributed by atoms with Crippen molar-refractivity contribution in [3.05, 3.63) is 16.1 Å². The SMILES string of the molecule is Cc1nnc2sc(C(=O)NCCCN(C)C)c(N)c2c1C. The second kappa shape index (κ2) is 6.36. The number of fused-ring (bicyclic) bond motifs is 1. The zero-order valence-corrected chi connectivity index (χ0v) is 13.7. The average molecular weight is 307 g/mol. The first-order chi connectivity index (χ1) is 9.91. The van der Waals surface area contributed by atoms with Crippen LogP contribution in [0, 0.1) is 13.8 Å². The van der Waals surface area contributed by atoms with Crippen LogP contribution in [0.3, 0.4) is 0 Å². The minimum Gasteiger partial charge on any atom is -0.397 e. The van der Waals surface area contributed by atoms with Crippen LogP contribution >= 0.6 is 11.3 Å². The molecule has 0 radical (unpaired) electrons. The Kier molecular flexibility index (Phi) is 4.74. The molecule has 2 heterocycles. The van der Waals surface area contributed by atoms with Crippen molar-refractivity contribution in [3.63, 3.8) is 0 Å². The molecule has 3 N–H and O–H groups in total. The van der Waals surface area contributed by atoms with E-state index in [1.165, 1.54) is 11.3 Å². The number of hydrogen-bond acceptors (Lipinski definition) is 6. The number of rotatable bonds is 5. The smallest absolute Gasteiger partial charge is 0.263 e. The normalized spacial score (nSPS) is 11.3. The van der Waals surface area contributed by atoms with Crippen molar-refractivity contribution in [2.75, 3.05) is 32.9 Å². The van der Waals surface area contributed by atoms with Crippen molar-refractivity contribution in [1.29, 1.82) is 0 Å². The summed E-state index contributed by atoms with van der Waals surface area (Å²) < 4.78 is 0. The molecule has 0 bridgehead atoms. The first-order valence-corrected chi connectivity index (χ1v) is 7.68. The lowest BCUT2D eigenvalue weighted by atomic mass is 10.1. The molecule has 0 saturated heterocycles. The van der Waals surface area contributed by atoms with Gasteiger partial charge in [0.1, 0.15) is 9.71 Å². The van der Waals surface area contributed by atoms with Gasteiger partial charge < -0.3 is 16.0 Å². The number of nitrogen functional groups attached to an aromatic ring is 1. The number of aryl methyl sites for hydroxylation is 2. The highest BCUT2D eigenvalue weighted by Gasteiger charge is 2.19. The van der Waals surface area contributed by atoms with Crippen molar-refractivity contribution in [3.8, 4) is 0 Å². The van der Waals surface area contributed by atoms with Crippen LogP contribution in [-0.2, 0) is 0 Å². The molecule has 2 aromatic heterocycles. The summed E-state index contributed by atoms with van der Waals surface area (Å²) in [4.78, 5) is 15.6. The van der Waals surface area contributed by atoms with E-state index in [9.17, 15) is 4.79 Å². The second-order valence-electron chi connectivity index (χ2n) is 5.35. The number of nitrogens with zero attached hydrogens (tertiary/aromatic N) is 3. The standard InChI is InChI=1S/C14H21N5OS/c1-8-9(2)17-18-14-10(8)11(15)12(21-14)13(20)16-6-5-7-19(3)4/h5-7,15H2,1-4H3,(H,16,20). The summed E-state index contributed by atoms with van der Waals surface area (Å²) in [5, 5.41) is 12.0. The van der Waals surface area contributed by atoms with Gasteiger partial charge in [0.25, 0.3) is 5.91 Å². The van der Waals surface area contributed by atoms with E-state index in [4.69, 9.17) is 5.73 Å². The number of carbonyl (C=O) groups is 1. The minimum absolute atomic E-state index is 0.133. The van der Waals surface area contributed by atoms with Crippen LogP contribution in [-0.4, -0.2) is 48.2 Å². The number of aromatic nitrogens is 2. The number of anilines is 1. The zero-order valence-electron chi connectivity index (χ0n) is 12.9. The van der Waals surface area contributed by atoms with E-state index < -0.39 is 0 Å². The monoisotopic (exact) mass is 307 g/mol. The fourth-order valence-electron chi connectivity index (χ4n) is 2.09. The number of thiophene rings is 1. The Morgan fingerprint density at radius 2 is 2.05 bits per heavy atom. The Morgan fingerprint density at radius 1 is 1.33 bits per heavy atom. The van der Waals surface area contributed by atoms with Gasteiger partial charge in [-0.3, -0.25) is 4.79 Å². The van der Waals surface area contributed by atoms with E-state index in [0.29, 0.717) is 21.9 Å². The number of nitrogens with one attached hydrogen (secondary N) is 1. The summed E-state index contributed by atoms with van der Waals surface area (Å²) in [7, 11) is 4.02. The number of carbonyl (C=O) groups excluding carboxylic acids is 1. The summed E-state index contributed by atoms with van der Waals surface area (Å²) in [6, 6.07) is 0. The van der Waals surface area contributed by atoms with Crippen LogP contribution in [0.4, 0.5) is 5.69 Å². The Bertz CT molecular complexity index is 665. The molecular weight excluding hydrogens is 286 g/mol. The molecule has 6 nitrogen and oxygen atoms in total. The number of nitrogens with two attached hydrogens (primary N) is 1. The van der Waals surface area contributed by atoms with Gasteiger partial charge in [0.05, 0.1) is 11.4 Å². The first-order valence-electron chi connectivity index (χ1n) is 6.86. The van der Waals surface area contributed by atoms with Gasteiger partial charge in [0, 0.05) is 11.9 Å². The van der Waals surface area contributed by atoms with E-state index in [0.717, 1.165) is 29.6 Å². The van der Waals surface area contributed by atoms with Crippen LogP contribution in [0.25, 0.3) is 10.2 Å². The van der Waals surface area contributed by atoms with Gasteiger partial charge in [0.15, 0.2) is 0 Å². The molecular formula is C14H21N5OS.